The second kappa shape index (κ2) is 7.30. The summed E-state index contributed by atoms with van der Waals surface area (Å²) in [6, 6.07) is 37.7. The van der Waals surface area contributed by atoms with Gasteiger partial charge in [-0.15, -0.1) is 0 Å². The normalized spacial score (nSPS) is 17.0. The van der Waals surface area contributed by atoms with E-state index in [1.807, 2.05) is 12.1 Å². The predicted octanol–water partition coefficient (Wildman–Crippen LogP) is 7.63. The first-order chi connectivity index (χ1) is 17.7. The van der Waals surface area contributed by atoms with Gasteiger partial charge in [-0.05, 0) is 63.0 Å². The molecular weight excluding hydrogens is 479 g/mol. The number of fused-ring (bicyclic) bond motifs is 7. The lowest BCUT2D eigenvalue weighted by Crippen LogP contribution is -2.35. The minimum atomic E-state index is -2.44. The van der Waals surface area contributed by atoms with E-state index in [2.05, 4.69) is 103 Å². The molecule has 6 aromatic carbocycles. The van der Waals surface area contributed by atoms with Crippen LogP contribution in [0.2, 0.25) is 0 Å². The van der Waals surface area contributed by atoms with E-state index in [0.717, 1.165) is 55.4 Å². The van der Waals surface area contributed by atoms with Crippen molar-refractivity contribution in [2.45, 2.75) is 0 Å². The van der Waals surface area contributed by atoms with Gasteiger partial charge in [0.05, 0.1) is 11.3 Å². The fourth-order valence-corrected chi connectivity index (χ4v) is 10.5. The van der Waals surface area contributed by atoms with E-state index in [-0.39, 0.29) is 0 Å². The van der Waals surface area contributed by atoms with Gasteiger partial charge in [-0.1, -0.05) is 96.7 Å². The molecule has 1 atom stereocenters. The molecule has 0 saturated heterocycles. The van der Waals surface area contributed by atoms with Crippen molar-refractivity contribution in [3.63, 3.8) is 0 Å². The molecule has 2 nitrogen and oxygen atoms in total. The van der Waals surface area contributed by atoms with Gasteiger partial charge in [0.2, 0.25) is 0 Å². The van der Waals surface area contributed by atoms with Gasteiger partial charge in [0.1, 0.15) is 23.0 Å². The van der Waals surface area contributed by atoms with Crippen LogP contribution in [0.1, 0.15) is 0 Å². The molecule has 2 aliphatic heterocycles. The van der Waals surface area contributed by atoms with Crippen LogP contribution in [-0.4, -0.2) is 0 Å². The molecule has 0 aliphatic carbocycles. The summed E-state index contributed by atoms with van der Waals surface area (Å²) >= 11 is 6.77. The minimum absolute atomic E-state index is 0.802. The van der Waals surface area contributed by atoms with Crippen molar-refractivity contribution in [3.8, 4) is 34.1 Å². The quantitative estimate of drug-likeness (QED) is 0.217. The highest BCUT2D eigenvalue weighted by Gasteiger charge is 2.43. The lowest BCUT2D eigenvalue weighted by Gasteiger charge is -2.38. The van der Waals surface area contributed by atoms with Crippen LogP contribution in [0.5, 0.6) is 23.0 Å². The summed E-state index contributed by atoms with van der Waals surface area (Å²) in [5.74, 6) is 3.30. The highest BCUT2D eigenvalue weighted by Crippen LogP contribution is 2.60. The van der Waals surface area contributed by atoms with Crippen LogP contribution in [0, 0.1) is 0 Å². The molecule has 4 heteroatoms. The second-order valence-corrected chi connectivity index (χ2v) is 13.5. The van der Waals surface area contributed by atoms with E-state index in [1.54, 1.807) is 0 Å². The van der Waals surface area contributed by atoms with E-state index in [1.165, 1.54) is 16.2 Å². The highest BCUT2D eigenvalue weighted by molar-refractivity contribution is 8.26. The minimum Gasteiger partial charge on any atom is -0.456 e. The first-order valence-corrected chi connectivity index (χ1v) is 14.8. The first-order valence-electron chi connectivity index (χ1n) is 12.0. The Hall–Kier alpha value is -3.91. The fourth-order valence-electron chi connectivity index (χ4n) is 5.72. The number of rotatable bonds is 1. The van der Waals surface area contributed by atoms with E-state index >= 15 is 0 Å². The van der Waals surface area contributed by atoms with Gasteiger partial charge in [-0.3, -0.25) is 0 Å². The smallest absolute Gasteiger partial charge is 0.140 e. The van der Waals surface area contributed by atoms with Gasteiger partial charge in [0.25, 0.3) is 0 Å². The standard InChI is InChI=1S/C32H19O2PS/c36-35-30-15-6-5-14-26(30)33-28-18-22(24-13-7-10-20-8-1-3-11-23(20)24)19-29(32(28)35)34-27-17-16-21-9-2-4-12-25(21)31(27)35/h1-19H. The maximum absolute atomic E-state index is 6.77. The maximum atomic E-state index is 6.77. The Labute approximate surface area is 213 Å². The van der Waals surface area contributed by atoms with Crippen LogP contribution < -0.4 is 25.4 Å². The van der Waals surface area contributed by atoms with Crippen molar-refractivity contribution in [1.82, 2.24) is 0 Å². The van der Waals surface area contributed by atoms with E-state index in [0.29, 0.717) is 0 Å². The molecule has 8 rings (SSSR count). The molecule has 0 spiro atoms. The van der Waals surface area contributed by atoms with Crippen molar-refractivity contribution in [2.75, 3.05) is 0 Å². The third-order valence-electron chi connectivity index (χ3n) is 7.28. The molecule has 0 saturated carbocycles. The van der Waals surface area contributed by atoms with Crippen LogP contribution in [-0.2, 0) is 11.8 Å². The number of hydrogen-bond acceptors (Lipinski definition) is 3. The summed E-state index contributed by atoms with van der Waals surface area (Å²) in [5, 5.41) is 7.96. The third kappa shape index (κ3) is 2.65. The van der Waals surface area contributed by atoms with Gasteiger partial charge in [0, 0.05) is 10.6 Å². The first kappa shape index (κ1) is 20.3. The summed E-state index contributed by atoms with van der Waals surface area (Å²) in [7, 11) is 0. The average Bonchev–Trinajstić information content (AvgIpc) is 2.92. The van der Waals surface area contributed by atoms with Crippen molar-refractivity contribution in [3.05, 3.63) is 115 Å². The van der Waals surface area contributed by atoms with Crippen LogP contribution in [0.15, 0.2) is 115 Å². The van der Waals surface area contributed by atoms with Crippen molar-refractivity contribution < 1.29 is 9.47 Å². The summed E-state index contributed by atoms with van der Waals surface area (Å²) in [6.45, 7) is 0. The molecule has 1 unspecified atom stereocenters. The van der Waals surface area contributed by atoms with Gasteiger partial charge < -0.3 is 9.47 Å². The Morgan fingerprint density at radius 3 is 1.97 bits per heavy atom. The number of para-hydroxylation sites is 1. The number of benzene rings is 6. The summed E-state index contributed by atoms with van der Waals surface area (Å²) < 4.78 is 13.2. The Kier molecular flexibility index (Phi) is 4.12. The second-order valence-electron chi connectivity index (χ2n) is 9.26. The van der Waals surface area contributed by atoms with Gasteiger partial charge >= 0.3 is 0 Å². The Morgan fingerprint density at radius 1 is 0.500 bits per heavy atom. The Bertz CT molecular complexity index is 1920. The third-order valence-corrected chi connectivity index (χ3v) is 12.2. The Balaban J connectivity index is 1.48. The zero-order valence-electron chi connectivity index (χ0n) is 19.1. The molecule has 6 aromatic rings. The molecule has 0 bridgehead atoms. The molecule has 0 aromatic heterocycles. The fraction of sp³-hybridized carbons (Fsp3) is 0. The molecule has 2 aliphatic rings. The van der Waals surface area contributed by atoms with E-state index < -0.39 is 6.04 Å². The predicted molar refractivity (Wildman–Crippen MR) is 153 cm³/mol. The monoisotopic (exact) mass is 498 g/mol. The van der Waals surface area contributed by atoms with Crippen molar-refractivity contribution in [2.24, 2.45) is 0 Å². The van der Waals surface area contributed by atoms with E-state index in [4.69, 9.17) is 21.3 Å². The van der Waals surface area contributed by atoms with Gasteiger partial charge in [-0.25, -0.2) is 0 Å². The SMILES string of the molecule is S=P12c3ccccc3Oc3cc(-c4cccc5ccccc45)cc(c31)Oc1ccc3ccccc3c12. The zero-order valence-corrected chi connectivity index (χ0v) is 20.9. The lowest BCUT2D eigenvalue weighted by molar-refractivity contribution is 0.467. The summed E-state index contributed by atoms with van der Waals surface area (Å²) in [4.78, 5) is 0. The van der Waals surface area contributed by atoms with Crippen LogP contribution >= 0.6 is 6.04 Å². The van der Waals surface area contributed by atoms with Gasteiger partial charge in [-0.2, -0.15) is 0 Å². The molecule has 0 fully saturated rings. The zero-order chi connectivity index (χ0) is 23.9. The van der Waals surface area contributed by atoms with Crippen LogP contribution in [0.25, 0.3) is 32.7 Å². The molecular formula is C32H19O2PS. The van der Waals surface area contributed by atoms with Crippen molar-refractivity contribution >= 4 is 55.3 Å². The molecule has 36 heavy (non-hydrogen) atoms. The Morgan fingerprint density at radius 2 is 1.14 bits per heavy atom. The summed E-state index contributed by atoms with van der Waals surface area (Å²) in [6.07, 6.45) is 0. The highest BCUT2D eigenvalue weighted by atomic mass is 32.4. The van der Waals surface area contributed by atoms with Gasteiger partial charge in [0.15, 0.2) is 0 Å². The molecule has 170 valence electrons. The largest absolute Gasteiger partial charge is 0.456 e. The average molecular weight is 499 g/mol. The lowest BCUT2D eigenvalue weighted by atomic mass is 9.98. The van der Waals surface area contributed by atoms with E-state index in [9.17, 15) is 0 Å². The van der Waals surface area contributed by atoms with Crippen LogP contribution in [0.4, 0.5) is 0 Å². The maximum Gasteiger partial charge on any atom is 0.140 e. The number of hydrogen-bond donors (Lipinski definition) is 0. The molecule has 0 amide bonds. The topological polar surface area (TPSA) is 18.5 Å². The summed E-state index contributed by atoms with van der Waals surface area (Å²) in [5.41, 5.74) is 2.21. The van der Waals surface area contributed by atoms with Crippen molar-refractivity contribution in [1.29, 1.82) is 0 Å². The number of ether oxygens (including phenoxy) is 2. The molecule has 0 N–H and O–H groups in total. The van der Waals surface area contributed by atoms with Crippen LogP contribution in [0.3, 0.4) is 0 Å². The molecule has 2 heterocycles. The molecule has 0 radical (unpaired) electrons.